The summed E-state index contributed by atoms with van der Waals surface area (Å²) >= 11 is 0. The molecule has 2 N–H and O–H groups in total. The van der Waals surface area contributed by atoms with Gasteiger partial charge in [0.05, 0.1) is 0 Å². The second kappa shape index (κ2) is 6.38. The number of aromatic nitrogens is 4. The summed E-state index contributed by atoms with van der Waals surface area (Å²) in [5.74, 6) is 1.40. The zero-order chi connectivity index (χ0) is 13.7. The Morgan fingerprint density at radius 3 is 2.84 bits per heavy atom. The van der Waals surface area contributed by atoms with Crippen LogP contribution in [0.2, 0.25) is 0 Å². The largest absolute Gasteiger partial charge is 0.339 e. The van der Waals surface area contributed by atoms with Crippen molar-refractivity contribution in [1.29, 1.82) is 0 Å². The normalized spacial score (nSPS) is 14.3. The predicted molar refractivity (Wildman–Crippen MR) is 71.2 cm³/mol. The maximum absolute atomic E-state index is 5.73. The van der Waals surface area contributed by atoms with Crippen molar-refractivity contribution in [3.05, 3.63) is 24.5 Å². The molecule has 0 radical (unpaired) electrons. The third-order valence-electron chi connectivity index (χ3n) is 2.97. The fourth-order valence-corrected chi connectivity index (χ4v) is 1.83. The van der Waals surface area contributed by atoms with Crippen molar-refractivity contribution in [1.82, 2.24) is 20.1 Å². The Morgan fingerprint density at radius 2 is 2.16 bits per heavy atom. The summed E-state index contributed by atoms with van der Waals surface area (Å²) in [7, 11) is 0. The van der Waals surface area contributed by atoms with Gasteiger partial charge >= 0.3 is 0 Å². The highest BCUT2D eigenvalue weighted by atomic mass is 16.5. The lowest BCUT2D eigenvalue weighted by atomic mass is 10.0. The molecular formula is C13H19N5O. The SMILES string of the molecule is CC(N)CCCC(C)c1nc(-c2ccncn2)no1. The van der Waals surface area contributed by atoms with Gasteiger partial charge in [-0.1, -0.05) is 18.5 Å². The number of hydrogen-bond donors (Lipinski definition) is 1. The smallest absolute Gasteiger partial charge is 0.229 e. The summed E-state index contributed by atoms with van der Waals surface area (Å²) in [5, 5.41) is 3.95. The molecule has 2 aromatic rings. The molecule has 2 atom stereocenters. The highest BCUT2D eigenvalue weighted by molar-refractivity contribution is 5.46. The Labute approximate surface area is 112 Å². The van der Waals surface area contributed by atoms with Crippen molar-refractivity contribution in [3.63, 3.8) is 0 Å². The minimum absolute atomic E-state index is 0.238. The molecule has 19 heavy (non-hydrogen) atoms. The molecule has 0 amide bonds. The van der Waals surface area contributed by atoms with E-state index in [0.717, 1.165) is 19.3 Å². The van der Waals surface area contributed by atoms with Gasteiger partial charge in [-0.2, -0.15) is 4.98 Å². The van der Waals surface area contributed by atoms with Crippen molar-refractivity contribution >= 4 is 0 Å². The van der Waals surface area contributed by atoms with E-state index >= 15 is 0 Å². The monoisotopic (exact) mass is 261 g/mol. The second-order valence-electron chi connectivity index (χ2n) is 4.86. The van der Waals surface area contributed by atoms with Crippen LogP contribution in [0.1, 0.15) is 44.9 Å². The van der Waals surface area contributed by atoms with Crippen LogP contribution in [-0.2, 0) is 0 Å². The Morgan fingerprint density at radius 1 is 1.32 bits per heavy atom. The lowest BCUT2D eigenvalue weighted by Gasteiger charge is -2.07. The fourth-order valence-electron chi connectivity index (χ4n) is 1.83. The van der Waals surface area contributed by atoms with Gasteiger partial charge in [-0.05, 0) is 25.8 Å². The van der Waals surface area contributed by atoms with E-state index in [1.807, 2.05) is 6.92 Å². The first-order chi connectivity index (χ1) is 9.16. The van der Waals surface area contributed by atoms with E-state index in [4.69, 9.17) is 10.3 Å². The van der Waals surface area contributed by atoms with E-state index in [1.165, 1.54) is 6.33 Å². The minimum atomic E-state index is 0.238. The molecule has 2 unspecified atom stereocenters. The molecule has 2 aromatic heterocycles. The number of rotatable bonds is 6. The van der Waals surface area contributed by atoms with Crippen molar-refractivity contribution < 1.29 is 4.52 Å². The first-order valence-electron chi connectivity index (χ1n) is 6.52. The molecule has 0 spiro atoms. The molecular weight excluding hydrogens is 242 g/mol. The Bertz CT molecular complexity index is 497. The average molecular weight is 261 g/mol. The maximum Gasteiger partial charge on any atom is 0.229 e. The molecule has 2 heterocycles. The van der Waals surface area contributed by atoms with Crippen LogP contribution in [-0.4, -0.2) is 26.2 Å². The van der Waals surface area contributed by atoms with Gasteiger partial charge in [0.1, 0.15) is 12.0 Å². The summed E-state index contributed by atoms with van der Waals surface area (Å²) in [6.45, 7) is 4.10. The van der Waals surface area contributed by atoms with Crippen LogP contribution in [0.15, 0.2) is 23.1 Å². The van der Waals surface area contributed by atoms with Crippen LogP contribution in [0, 0.1) is 0 Å². The van der Waals surface area contributed by atoms with Gasteiger partial charge in [-0.25, -0.2) is 9.97 Å². The fraction of sp³-hybridized carbons (Fsp3) is 0.538. The van der Waals surface area contributed by atoms with Crippen LogP contribution in [0.25, 0.3) is 11.5 Å². The van der Waals surface area contributed by atoms with E-state index in [9.17, 15) is 0 Å². The molecule has 0 fully saturated rings. The Balaban J connectivity index is 1.97. The van der Waals surface area contributed by atoms with Crippen LogP contribution in [0.5, 0.6) is 0 Å². The van der Waals surface area contributed by atoms with Gasteiger partial charge in [-0.15, -0.1) is 0 Å². The summed E-state index contributed by atoms with van der Waals surface area (Å²) < 4.78 is 5.29. The predicted octanol–water partition coefficient (Wildman–Crippen LogP) is 2.15. The highest BCUT2D eigenvalue weighted by Gasteiger charge is 2.15. The van der Waals surface area contributed by atoms with Gasteiger partial charge in [0.15, 0.2) is 0 Å². The Kier molecular flexibility index (Phi) is 4.57. The van der Waals surface area contributed by atoms with Crippen molar-refractivity contribution in [2.24, 2.45) is 5.73 Å². The standard InChI is InChI=1S/C13H19N5O/c1-9(4-3-5-10(2)14)13-17-12(18-19-13)11-6-7-15-8-16-11/h6-10H,3-5,14H2,1-2H3. The van der Waals surface area contributed by atoms with E-state index < -0.39 is 0 Å². The van der Waals surface area contributed by atoms with Crippen molar-refractivity contribution in [3.8, 4) is 11.5 Å². The van der Waals surface area contributed by atoms with Crippen LogP contribution >= 0.6 is 0 Å². The first-order valence-corrected chi connectivity index (χ1v) is 6.52. The van der Waals surface area contributed by atoms with Crippen molar-refractivity contribution in [2.75, 3.05) is 0 Å². The average Bonchev–Trinajstić information content (AvgIpc) is 2.89. The third kappa shape index (κ3) is 3.82. The summed E-state index contributed by atoms with van der Waals surface area (Å²) in [4.78, 5) is 12.3. The molecule has 0 aliphatic heterocycles. The van der Waals surface area contributed by atoms with Crippen molar-refractivity contribution in [2.45, 2.75) is 45.1 Å². The quantitative estimate of drug-likeness (QED) is 0.856. The molecule has 2 rings (SSSR count). The first kappa shape index (κ1) is 13.6. The summed E-state index contributed by atoms with van der Waals surface area (Å²) in [6, 6.07) is 2.00. The molecule has 6 heteroatoms. The molecule has 102 valence electrons. The van der Waals surface area contributed by atoms with Gasteiger partial charge in [0.25, 0.3) is 0 Å². The highest BCUT2D eigenvalue weighted by Crippen LogP contribution is 2.22. The van der Waals surface area contributed by atoms with E-state index in [0.29, 0.717) is 17.4 Å². The number of nitrogens with two attached hydrogens (primary N) is 1. The number of hydrogen-bond acceptors (Lipinski definition) is 6. The van der Waals surface area contributed by atoms with Crippen LogP contribution < -0.4 is 5.73 Å². The molecule has 6 nitrogen and oxygen atoms in total. The van der Waals surface area contributed by atoms with E-state index in [2.05, 4.69) is 27.0 Å². The van der Waals surface area contributed by atoms with E-state index in [-0.39, 0.29) is 12.0 Å². The summed E-state index contributed by atoms with van der Waals surface area (Å²) in [5.41, 5.74) is 6.41. The summed E-state index contributed by atoms with van der Waals surface area (Å²) in [6.07, 6.45) is 6.19. The number of nitrogens with zero attached hydrogens (tertiary/aromatic N) is 4. The van der Waals surface area contributed by atoms with Gasteiger partial charge in [0, 0.05) is 18.2 Å². The molecule has 0 bridgehead atoms. The molecule has 0 saturated heterocycles. The van der Waals surface area contributed by atoms with Gasteiger partial charge < -0.3 is 10.3 Å². The third-order valence-corrected chi connectivity index (χ3v) is 2.97. The minimum Gasteiger partial charge on any atom is -0.339 e. The van der Waals surface area contributed by atoms with Crippen LogP contribution in [0.3, 0.4) is 0 Å². The van der Waals surface area contributed by atoms with E-state index in [1.54, 1.807) is 12.3 Å². The van der Waals surface area contributed by atoms with Crippen LogP contribution in [0.4, 0.5) is 0 Å². The molecule has 0 saturated carbocycles. The lowest BCUT2D eigenvalue weighted by molar-refractivity contribution is 0.349. The molecule has 0 aliphatic carbocycles. The zero-order valence-corrected chi connectivity index (χ0v) is 11.3. The molecule has 0 aliphatic rings. The topological polar surface area (TPSA) is 90.7 Å². The molecule has 0 aromatic carbocycles. The van der Waals surface area contributed by atoms with Gasteiger partial charge in [0.2, 0.25) is 11.7 Å². The second-order valence-corrected chi connectivity index (χ2v) is 4.86. The Hall–Kier alpha value is -1.82. The van der Waals surface area contributed by atoms with Gasteiger partial charge in [-0.3, -0.25) is 0 Å². The maximum atomic E-state index is 5.73. The lowest BCUT2D eigenvalue weighted by Crippen LogP contribution is -2.14. The zero-order valence-electron chi connectivity index (χ0n) is 11.3.